The second-order valence-electron chi connectivity index (χ2n) is 6.90. The summed E-state index contributed by atoms with van der Waals surface area (Å²) in [5.74, 6) is 0.488. The third kappa shape index (κ3) is 4.77. The molecule has 0 aliphatic carbocycles. The quantitative estimate of drug-likeness (QED) is 0.895. The van der Waals surface area contributed by atoms with Gasteiger partial charge in [0.25, 0.3) is 0 Å². The van der Waals surface area contributed by atoms with Crippen molar-refractivity contribution in [2.45, 2.75) is 33.1 Å². The standard InChI is InChI=1S/C20H25FN4O/c1-14-12-15(2)24-20(23-14)25-11-3-4-17(13-25)19(26)22-10-9-16-5-7-18(21)8-6-16/h5-8,12,17H,3-4,9-11,13H2,1-2H3,(H,22,26)/t17-/m0/s1. The van der Waals surface area contributed by atoms with Crippen LogP contribution in [0.15, 0.2) is 30.3 Å². The molecule has 1 N–H and O–H groups in total. The molecule has 0 saturated carbocycles. The van der Waals surface area contributed by atoms with Crippen molar-refractivity contribution in [2.24, 2.45) is 5.92 Å². The molecule has 2 heterocycles. The lowest BCUT2D eigenvalue weighted by Gasteiger charge is -2.32. The van der Waals surface area contributed by atoms with Gasteiger partial charge in [0.05, 0.1) is 5.92 Å². The number of halogens is 1. The van der Waals surface area contributed by atoms with E-state index in [1.165, 1.54) is 12.1 Å². The van der Waals surface area contributed by atoms with Crippen LogP contribution >= 0.6 is 0 Å². The molecule has 0 unspecified atom stereocenters. The summed E-state index contributed by atoms with van der Waals surface area (Å²) in [6, 6.07) is 8.34. The summed E-state index contributed by atoms with van der Waals surface area (Å²) in [7, 11) is 0. The van der Waals surface area contributed by atoms with Gasteiger partial charge in [0.15, 0.2) is 0 Å². The number of carbonyl (C=O) groups is 1. The van der Waals surface area contributed by atoms with Crippen molar-refractivity contribution in [1.29, 1.82) is 0 Å². The van der Waals surface area contributed by atoms with Gasteiger partial charge in [0, 0.05) is 31.0 Å². The molecule has 1 atom stereocenters. The molecule has 1 aliphatic rings. The van der Waals surface area contributed by atoms with Crippen LogP contribution in [-0.4, -0.2) is 35.5 Å². The molecule has 26 heavy (non-hydrogen) atoms. The maximum Gasteiger partial charge on any atom is 0.225 e. The van der Waals surface area contributed by atoms with Crippen LogP contribution in [0.25, 0.3) is 0 Å². The molecular formula is C20H25FN4O. The Kier molecular flexibility index (Phi) is 5.81. The smallest absolute Gasteiger partial charge is 0.225 e. The molecule has 6 heteroatoms. The monoisotopic (exact) mass is 356 g/mol. The van der Waals surface area contributed by atoms with Crippen molar-refractivity contribution in [3.8, 4) is 0 Å². The van der Waals surface area contributed by atoms with Crippen LogP contribution in [0.1, 0.15) is 29.8 Å². The number of aromatic nitrogens is 2. The maximum atomic E-state index is 12.9. The number of anilines is 1. The molecule has 1 aromatic heterocycles. The Labute approximate surface area is 153 Å². The van der Waals surface area contributed by atoms with Gasteiger partial charge in [-0.15, -0.1) is 0 Å². The minimum absolute atomic E-state index is 0.0543. The highest BCUT2D eigenvalue weighted by atomic mass is 19.1. The zero-order valence-electron chi connectivity index (χ0n) is 15.3. The lowest BCUT2D eigenvalue weighted by Crippen LogP contribution is -2.44. The first-order chi connectivity index (χ1) is 12.5. The molecule has 1 aliphatic heterocycles. The molecule has 2 aromatic rings. The third-order valence-corrected chi connectivity index (χ3v) is 4.67. The fourth-order valence-electron chi connectivity index (χ4n) is 3.35. The number of aryl methyl sites for hydroxylation is 2. The van der Waals surface area contributed by atoms with E-state index in [-0.39, 0.29) is 17.6 Å². The second kappa shape index (κ2) is 8.25. The highest BCUT2D eigenvalue weighted by Gasteiger charge is 2.27. The second-order valence-corrected chi connectivity index (χ2v) is 6.90. The van der Waals surface area contributed by atoms with Gasteiger partial charge >= 0.3 is 0 Å². The minimum atomic E-state index is -0.242. The van der Waals surface area contributed by atoms with Crippen molar-refractivity contribution in [2.75, 3.05) is 24.5 Å². The first-order valence-corrected chi connectivity index (χ1v) is 9.10. The molecule has 0 radical (unpaired) electrons. The predicted molar refractivity (Wildman–Crippen MR) is 99.6 cm³/mol. The van der Waals surface area contributed by atoms with Crippen molar-refractivity contribution >= 4 is 11.9 Å². The van der Waals surface area contributed by atoms with Gasteiger partial charge in [-0.05, 0) is 56.9 Å². The summed E-state index contributed by atoms with van der Waals surface area (Å²) in [5, 5.41) is 3.01. The van der Waals surface area contributed by atoms with Crippen molar-refractivity contribution in [3.05, 3.63) is 53.1 Å². The molecule has 0 bridgehead atoms. The molecule has 5 nitrogen and oxygen atoms in total. The summed E-state index contributed by atoms with van der Waals surface area (Å²) in [5.41, 5.74) is 2.90. The molecule has 0 spiro atoms. The Morgan fingerprint density at radius 2 is 1.92 bits per heavy atom. The number of carbonyl (C=O) groups excluding carboxylic acids is 1. The SMILES string of the molecule is Cc1cc(C)nc(N2CCC[C@H](C(=O)NCCc3ccc(F)cc3)C2)n1. The number of amides is 1. The summed E-state index contributed by atoms with van der Waals surface area (Å²) >= 11 is 0. The van der Waals surface area contributed by atoms with E-state index in [1.807, 2.05) is 19.9 Å². The molecular weight excluding hydrogens is 331 g/mol. The molecule has 1 fully saturated rings. The van der Waals surface area contributed by atoms with Crippen LogP contribution in [0.3, 0.4) is 0 Å². The maximum absolute atomic E-state index is 12.9. The Bertz CT molecular complexity index is 743. The largest absolute Gasteiger partial charge is 0.355 e. The summed E-state index contributed by atoms with van der Waals surface area (Å²) < 4.78 is 12.9. The Hall–Kier alpha value is -2.50. The molecule has 138 valence electrons. The molecule has 1 amide bonds. The van der Waals surface area contributed by atoms with Crippen LogP contribution < -0.4 is 10.2 Å². The molecule has 1 aromatic carbocycles. The molecule has 3 rings (SSSR count). The van der Waals surface area contributed by atoms with E-state index in [0.29, 0.717) is 25.5 Å². The molecule has 1 saturated heterocycles. The lowest BCUT2D eigenvalue weighted by molar-refractivity contribution is -0.125. The van der Waals surface area contributed by atoms with Gasteiger partial charge in [0.2, 0.25) is 11.9 Å². The number of hydrogen-bond donors (Lipinski definition) is 1. The van der Waals surface area contributed by atoms with Crippen molar-refractivity contribution in [3.63, 3.8) is 0 Å². The number of nitrogens with zero attached hydrogens (tertiary/aromatic N) is 3. The number of nitrogens with one attached hydrogen (secondary N) is 1. The summed E-state index contributed by atoms with van der Waals surface area (Å²) in [6.45, 7) is 6.00. The topological polar surface area (TPSA) is 58.1 Å². The fraction of sp³-hybridized carbons (Fsp3) is 0.450. The highest BCUT2D eigenvalue weighted by molar-refractivity contribution is 5.79. The zero-order chi connectivity index (χ0) is 18.5. The van der Waals surface area contributed by atoms with E-state index in [9.17, 15) is 9.18 Å². The number of rotatable bonds is 5. The normalized spacial score (nSPS) is 17.2. The van der Waals surface area contributed by atoms with Gasteiger partial charge in [-0.25, -0.2) is 14.4 Å². The van der Waals surface area contributed by atoms with Crippen LogP contribution in [0, 0.1) is 25.6 Å². The van der Waals surface area contributed by atoms with E-state index >= 15 is 0 Å². The average molecular weight is 356 g/mol. The fourth-order valence-corrected chi connectivity index (χ4v) is 3.35. The zero-order valence-corrected chi connectivity index (χ0v) is 15.3. The lowest BCUT2D eigenvalue weighted by atomic mass is 9.97. The number of benzene rings is 1. The van der Waals surface area contributed by atoms with E-state index in [4.69, 9.17) is 0 Å². The van der Waals surface area contributed by atoms with Gasteiger partial charge < -0.3 is 10.2 Å². The first-order valence-electron chi connectivity index (χ1n) is 9.10. The first kappa shape index (κ1) is 18.3. The predicted octanol–water partition coefficient (Wildman–Crippen LogP) is 2.81. The van der Waals surface area contributed by atoms with E-state index < -0.39 is 0 Å². The summed E-state index contributed by atoms with van der Waals surface area (Å²) in [6.07, 6.45) is 2.53. The van der Waals surface area contributed by atoms with E-state index in [0.717, 1.165) is 36.3 Å². The summed E-state index contributed by atoms with van der Waals surface area (Å²) in [4.78, 5) is 23.6. The van der Waals surface area contributed by atoms with E-state index in [2.05, 4.69) is 20.2 Å². The van der Waals surface area contributed by atoms with Gasteiger partial charge in [0.1, 0.15) is 5.82 Å². The van der Waals surface area contributed by atoms with E-state index in [1.54, 1.807) is 12.1 Å². The highest BCUT2D eigenvalue weighted by Crippen LogP contribution is 2.21. The van der Waals surface area contributed by atoms with Crippen molar-refractivity contribution in [1.82, 2.24) is 15.3 Å². The van der Waals surface area contributed by atoms with Crippen LogP contribution in [-0.2, 0) is 11.2 Å². The Morgan fingerprint density at radius 3 is 2.62 bits per heavy atom. The van der Waals surface area contributed by atoms with Gasteiger partial charge in [-0.1, -0.05) is 12.1 Å². The third-order valence-electron chi connectivity index (χ3n) is 4.67. The average Bonchev–Trinajstić information content (AvgIpc) is 2.62. The Morgan fingerprint density at radius 1 is 1.23 bits per heavy atom. The van der Waals surface area contributed by atoms with Crippen LogP contribution in [0.5, 0.6) is 0 Å². The minimum Gasteiger partial charge on any atom is -0.355 e. The van der Waals surface area contributed by atoms with Crippen molar-refractivity contribution < 1.29 is 9.18 Å². The van der Waals surface area contributed by atoms with Gasteiger partial charge in [-0.3, -0.25) is 4.79 Å². The Balaban J connectivity index is 1.53. The van der Waals surface area contributed by atoms with Crippen LogP contribution in [0.2, 0.25) is 0 Å². The van der Waals surface area contributed by atoms with Crippen LogP contribution in [0.4, 0.5) is 10.3 Å². The number of hydrogen-bond acceptors (Lipinski definition) is 4. The van der Waals surface area contributed by atoms with Gasteiger partial charge in [-0.2, -0.15) is 0 Å². The number of piperidine rings is 1.